The van der Waals surface area contributed by atoms with Crippen LogP contribution in [-0.2, 0) is 22.6 Å². The van der Waals surface area contributed by atoms with E-state index in [0.29, 0.717) is 68.0 Å². The molecular weight excluding hydrogens is 836 g/mol. The fraction of sp³-hybridized carbons (Fsp3) is 0.386. The summed E-state index contributed by atoms with van der Waals surface area (Å²) < 4.78 is 30.8. The molecule has 3 fully saturated rings. The van der Waals surface area contributed by atoms with Gasteiger partial charge in [-0.2, -0.15) is 9.65 Å². The SMILES string of the molecule is N#Cc1ccc(N2CCc3c(ncnc3Nc3ccc(C(=O)NC4CCC(CN5CCN(c6cc7c(cc6F)C(=O)N(C6CCC(=O)NC6=O)C7=O)CC5)CC4)c(F)n3)C2)cc1Cl. The zero-order valence-electron chi connectivity index (χ0n) is 34.0. The minimum Gasteiger partial charge on any atom is -0.367 e. The number of nitrogens with zero attached hydrogens (tertiary/aromatic N) is 8. The van der Waals surface area contributed by atoms with Crippen molar-refractivity contribution in [3.8, 4) is 6.07 Å². The Morgan fingerprint density at radius 2 is 1.65 bits per heavy atom. The lowest BCUT2D eigenvalue weighted by atomic mass is 9.85. The van der Waals surface area contributed by atoms with Crippen molar-refractivity contribution in [3.63, 3.8) is 0 Å². The molecule has 1 aliphatic carbocycles. The molecule has 16 nitrogen and oxygen atoms in total. The number of benzene rings is 2. The molecule has 4 aromatic rings. The van der Waals surface area contributed by atoms with E-state index < -0.39 is 47.3 Å². The number of hydrogen-bond acceptors (Lipinski definition) is 13. The van der Waals surface area contributed by atoms with Gasteiger partial charge in [-0.05, 0) is 86.9 Å². The van der Waals surface area contributed by atoms with E-state index in [1.54, 1.807) is 18.2 Å². The number of piperazine rings is 1. The standard InChI is InChI=1S/C44H42ClF2N11O5/c45-32-17-27(6-3-25(32)20-48)57-12-11-28-34(22-57)49-23-50-40(28)53-37-9-7-29(39(47)52-37)41(60)51-26-4-1-24(2-5-26)21-55-13-15-56(16-14-55)36-19-31-30(18-33(36)46)43(62)58(44(31)63)35-8-10-38(59)54-42(35)61/h3,6-7,9,17-19,23-24,26,35H,1-2,4-5,8,10-16,21-22H2,(H,51,60)(H,54,59,61)(H,49,50,52,53). The van der Waals surface area contributed by atoms with E-state index in [1.807, 2.05) is 11.0 Å². The highest BCUT2D eigenvalue weighted by molar-refractivity contribution is 6.32. The van der Waals surface area contributed by atoms with E-state index in [-0.39, 0.29) is 47.1 Å². The summed E-state index contributed by atoms with van der Waals surface area (Å²) in [6, 6.07) is 11.6. The smallest absolute Gasteiger partial charge is 0.262 e. The number of hydrogen-bond donors (Lipinski definition) is 3. The first kappa shape index (κ1) is 41.8. The second kappa shape index (κ2) is 17.3. The lowest BCUT2D eigenvalue weighted by Gasteiger charge is -2.39. The molecule has 4 aliphatic heterocycles. The van der Waals surface area contributed by atoms with Crippen LogP contribution in [0, 0.1) is 29.0 Å². The van der Waals surface area contributed by atoms with Gasteiger partial charge in [-0.3, -0.25) is 39.1 Å². The van der Waals surface area contributed by atoms with Gasteiger partial charge in [0.05, 0.1) is 45.2 Å². The number of rotatable bonds is 9. The van der Waals surface area contributed by atoms with Gasteiger partial charge in [-0.1, -0.05) is 11.6 Å². The molecule has 324 valence electrons. The van der Waals surface area contributed by atoms with Crippen LogP contribution in [-0.4, -0.2) is 106 Å². The van der Waals surface area contributed by atoms with Gasteiger partial charge in [0.25, 0.3) is 17.7 Å². The molecule has 19 heteroatoms. The zero-order chi connectivity index (χ0) is 43.9. The molecule has 6 heterocycles. The van der Waals surface area contributed by atoms with Gasteiger partial charge in [0.2, 0.25) is 17.8 Å². The van der Waals surface area contributed by atoms with E-state index in [0.717, 1.165) is 60.1 Å². The molecule has 9 rings (SSSR count). The van der Waals surface area contributed by atoms with Gasteiger partial charge in [0.1, 0.15) is 35.9 Å². The summed E-state index contributed by atoms with van der Waals surface area (Å²) in [5, 5.41) is 17.8. The third kappa shape index (κ3) is 8.37. The molecule has 0 radical (unpaired) electrons. The van der Waals surface area contributed by atoms with Crippen LogP contribution in [0.15, 0.2) is 48.8 Å². The van der Waals surface area contributed by atoms with Gasteiger partial charge in [-0.25, -0.2) is 19.3 Å². The van der Waals surface area contributed by atoms with Crippen LogP contribution in [0.1, 0.15) is 86.4 Å². The van der Waals surface area contributed by atoms with Crippen molar-refractivity contribution >= 4 is 64.1 Å². The zero-order valence-corrected chi connectivity index (χ0v) is 34.8. The number of nitrogens with one attached hydrogen (secondary N) is 3. The number of pyridine rings is 1. The fourth-order valence-electron chi connectivity index (χ4n) is 9.28. The maximum absolute atomic E-state index is 15.4. The van der Waals surface area contributed by atoms with Crippen molar-refractivity contribution in [1.29, 1.82) is 5.26 Å². The number of nitriles is 1. The molecule has 63 heavy (non-hydrogen) atoms. The van der Waals surface area contributed by atoms with E-state index in [1.165, 1.54) is 18.5 Å². The van der Waals surface area contributed by atoms with E-state index >= 15 is 8.78 Å². The molecule has 2 aromatic heterocycles. The van der Waals surface area contributed by atoms with Gasteiger partial charge in [0, 0.05) is 63.0 Å². The fourth-order valence-corrected chi connectivity index (χ4v) is 9.50. The number of carbonyl (C=O) groups is 5. The van der Waals surface area contributed by atoms with Gasteiger partial charge < -0.3 is 20.4 Å². The Morgan fingerprint density at radius 1 is 0.889 bits per heavy atom. The Morgan fingerprint density at radius 3 is 2.37 bits per heavy atom. The summed E-state index contributed by atoms with van der Waals surface area (Å²) in [5.74, 6) is -3.57. The summed E-state index contributed by atoms with van der Waals surface area (Å²) in [5.41, 5.74) is 2.96. The molecular formula is C44H42ClF2N11O5. The minimum atomic E-state index is -1.12. The number of fused-ring (bicyclic) bond motifs is 2. The van der Waals surface area contributed by atoms with E-state index in [4.69, 9.17) is 11.6 Å². The van der Waals surface area contributed by atoms with Crippen LogP contribution in [0.2, 0.25) is 5.02 Å². The largest absolute Gasteiger partial charge is 0.367 e. The van der Waals surface area contributed by atoms with Crippen LogP contribution in [0.25, 0.3) is 0 Å². The molecule has 2 aromatic carbocycles. The summed E-state index contributed by atoms with van der Waals surface area (Å²) in [7, 11) is 0. The number of amides is 5. The number of halogens is 3. The lowest BCUT2D eigenvalue weighted by Crippen LogP contribution is -2.54. The minimum absolute atomic E-state index is 0.00323. The predicted molar refractivity (Wildman–Crippen MR) is 225 cm³/mol. The average Bonchev–Trinajstić information content (AvgIpc) is 3.51. The summed E-state index contributed by atoms with van der Waals surface area (Å²) in [6.07, 6.45) is 5.27. The Hall–Kier alpha value is -6.58. The quantitative estimate of drug-likeness (QED) is 0.157. The van der Waals surface area contributed by atoms with Crippen molar-refractivity contribution < 1.29 is 32.8 Å². The first-order valence-electron chi connectivity index (χ1n) is 21.0. The average molecular weight is 878 g/mol. The molecule has 2 saturated heterocycles. The summed E-state index contributed by atoms with van der Waals surface area (Å²) in [6.45, 7) is 4.30. The van der Waals surface area contributed by atoms with Crippen molar-refractivity contribution in [2.45, 2.75) is 63.6 Å². The second-order valence-electron chi connectivity index (χ2n) is 16.5. The first-order valence-corrected chi connectivity index (χ1v) is 21.4. The van der Waals surface area contributed by atoms with Crippen LogP contribution >= 0.6 is 11.6 Å². The summed E-state index contributed by atoms with van der Waals surface area (Å²) >= 11 is 6.27. The number of carbonyl (C=O) groups excluding carboxylic acids is 5. The van der Waals surface area contributed by atoms with E-state index in [2.05, 4.69) is 46.8 Å². The lowest BCUT2D eigenvalue weighted by molar-refractivity contribution is -0.136. The van der Waals surface area contributed by atoms with E-state index in [9.17, 15) is 29.2 Å². The Balaban J connectivity index is 0.737. The molecule has 0 spiro atoms. The summed E-state index contributed by atoms with van der Waals surface area (Å²) in [4.78, 5) is 83.7. The molecule has 1 unspecified atom stereocenters. The van der Waals surface area contributed by atoms with Crippen LogP contribution in [0.5, 0.6) is 0 Å². The second-order valence-corrected chi connectivity index (χ2v) is 16.9. The first-order chi connectivity index (χ1) is 30.4. The maximum atomic E-state index is 15.4. The van der Waals surface area contributed by atoms with Crippen molar-refractivity contribution in [3.05, 3.63) is 99.1 Å². The highest BCUT2D eigenvalue weighted by Gasteiger charge is 2.45. The van der Waals surface area contributed by atoms with Gasteiger partial charge >= 0.3 is 0 Å². The highest BCUT2D eigenvalue weighted by Crippen LogP contribution is 2.35. The number of aromatic nitrogens is 3. The molecule has 1 atom stereocenters. The highest BCUT2D eigenvalue weighted by atomic mass is 35.5. The van der Waals surface area contributed by atoms with Crippen LogP contribution in [0.3, 0.4) is 0 Å². The number of imide groups is 2. The van der Waals surface area contributed by atoms with Crippen molar-refractivity contribution in [1.82, 2.24) is 35.4 Å². The molecule has 3 N–H and O–H groups in total. The number of piperidine rings is 1. The Bertz CT molecular complexity index is 2590. The van der Waals surface area contributed by atoms with Crippen molar-refractivity contribution in [2.24, 2.45) is 5.92 Å². The third-order valence-electron chi connectivity index (χ3n) is 12.7. The normalized spacial score (nSPS) is 21.4. The monoisotopic (exact) mass is 877 g/mol. The molecule has 5 aliphatic rings. The predicted octanol–water partition coefficient (Wildman–Crippen LogP) is 4.49. The number of anilines is 4. The van der Waals surface area contributed by atoms with Crippen LogP contribution < -0.4 is 25.8 Å². The van der Waals surface area contributed by atoms with Gasteiger partial charge in [0.15, 0.2) is 0 Å². The molecule has 5 amide bonds. The van der Waals surface area contributed by atoms with Gasteiger partial charge in [-0.15, -0.1) is 0 Å². The molecule has 1 saturated carbocycles. The third-order valence-corrected chi connectivity index (χ3v) is 13.0. The maximum Gasteiger partial charge on any atom is 0.262 e. The van der Waals surface area contributed by atoms with Crippen molar-refractivity contribution in [2.75, 3.05) is 54.4 Å². The Labute approximate surface area is 365 Å². The van der Waals surface area contributed by atoms with Crippen LogP contribution in [0.4, 0.5) is 31.8 Å². The Kier molecular flexibility index (Phi) is 11.5. The molecule has 0 bridgehead atoms. The topological polar surface area (TPSA) is 197 Å².